The Kier molecular flexibility index (Phi) is 9.59. The fourth-order valence-corrected chi connectivity index (χ4v) is 5.46. The van der Waals surface area contributed by atoms with Crippen LogP contribution < -0.4 is 5.32 Å². The summed E-state index contributed by atoms with van der Waals surface area (Å²) in [4.78, 5) is 26.3. The van der Waals surface area contributed by atoms with Crippen LogP contribution >= 0.6 is 0 Å². The molecule has 0 unspecified atom stereocenters. The first-order valence-electron chi connectivity index (χ1n) is 13.8. The Morgan fingerprint density at radius 2 is 1.46 bits per heavy atom. The minimum Gasteiger partial charge on any atom is -0.457 e. The van der Waals surface area contributed by atoms with Crippen LogP contribution in [0.3, 0.4) is 0 Å². The van der Waals surface area contributed by atoms with Gasteiger partial charge in [0.15, 0.2) is 0 Å². The van der Waals surface area contributed by atoms with Crippen molar-refractivity contribution in [1.29, 1.82) is 0 Å². The Balaban J connectivity index is 1.51. The van der Waals surface area contributed by atoms with Crippen LogP contribution in [-0.4, -0.2) is 18.2 Å². The van der Waals surface area contributed by atoms with Gasteiger partial charge < -0.3 is 9.47 Å². The van der Waals surface area contributed by atoms with Crippen molar-refractivity contribution in [3.8, 4) is 0 Å². The van der Waals surface area contributed by atoms with Crippen LogP contribution in [0.4, 0.5) is 4.79 Å². The summed E-state index contributed by atoms with van der Waals surface area (Å²) in [7, 11) is 0. The van der Waals surface area contributed by atoms with Crippen LogP contribution in [0.2, 0.25) is 0 Å². The first-order chi connectivity index (χ1) is 18.8. The molecule has 3 aromatic carbocycles. The van der Waals surface area contributed by atoms with E-state index in [2.05, 4.69) is 50.4 Å². The summed E-state index contributed by atoms with van der Waals surface area (Å²) in [5, 5.41) is 2.67. The molecule has 1 N–H and O–H groups in total. The number of carbonyl (C=O) groups excluding carboxylic acids is 2. The fraction of sp³-hybridized carbons (Fsp3) is 0.353. The van der Waals surface area contributed by atoms with Gasteiger partial charge in [-0.2, -0.15) is 0 Å². The lowest BCUT2D eigenvalue weighted by atomic mass is 9.64. The molecule has 1 aliphatic rings. The first kappa shape index (κ1) is 28.2. The summed E-state index contributed by atoms with van der Waals surface area (Å²) in [5.74, 6) is 0.0715. The Bertz CT molecular complexity index is 1240. The Labute approximate surface area is 232 Å². The van der Waals surface area contributed by atoms with E-state index in [4.69, 9.17) is 9.47 Å². The van der Waals surface area contributed by atoms with E-state index in [1.165, 1.54) is 5.56 Å². The topological polar surface area (TPSA) is 64.6 Å². The number of alkyl carbamates (subject to hydrolysis) is 1. The zero-order valence-electron chi connectivity index (χ0n) is 23.1. The average molecular weight is 526 g/mol. The number of benzene rings is 3. The smallest absolute Gasteiger partial charge is 0.412 e. The molecule has 0 heterocycles. The second kappa shape index (κ2) is 13.3. The predicted octanol–water partition coefficient (Wildman–Crippen LogP) is 7.37. The monoisotopic (exact) mass is 525 g/mol. The number of hydrogen-bond donors (Lipinski definition) is 1. The minimum absolute atomic E-state index is 0.103. The molecule has 3 aromatic rings. The third kappa shape index (κ3) is 7.82. The zero-order valence-corrected chi connectivity index (χ0v) is 23.1. The molecule has 4 rings (SSSR count). The third-order valence-corrected chi connectivity index (χ3v) is 7.81. The number of rotatable bonds is 9. The van der Waals surface area contributed by atoms with E-state index in [0.717, 1.165) is 30.4 Å². The molecule has 0 bridgehead atoms. The van der Waals surface area contributed by atoms with Gasteiger partial charge in [0.2, 0.25) is 0 Å². The van der Waals surface area contributed by atoms with Crippen molar-refractivity contribution in [3.05, 3.63) is 119 Å². The summed E-state index contributed by atoms with van der Waals surface area (Å²) in [6, 6.07) is 29.7. The molecular formula is C34H39NO4. The lowest BCUT2D eigenvalue weighted by Gasteiger charge is -2.44. The maximum atomic E-state index is 13.6. The number of amides is 1. The number of carbonyl (C=O) groups is 2. The second-order valence-corrected chi connectivity index (χ2v) is 11.1. The van der Waals surface area contributed by atoms with Crippen molar-refractivity contribution in [1.82, 2.24) is 5.32 Å². The highest BCUT2D eigenvalue weighted by atomic mass is 16.6. The summed E-state index contributed by atoms with van der Waals surface area (Å²) >= 11 is 0. The largest absolute Gasteiger partial charge is 0.457 e. The molecule has 1 amide bonds. The zero-order chi connectivity index (χ0) is 27.7. The van der Waals surface area contributed by atoms with Crippen molar-refractivity contribution in [2.75, 3.05) is 0 Å². The molecule has 0 spiro atoms. The molecule has 1 aliphatic carbocycles. The van der Waals surface area contributed by atoms with E-state index in [1.807, 2.05) is 66.7 Å². The SMILES string of the molecule is C[C@@H]1CC[C@@H](C(C)(C)c2ccccc2)[C@H](OC(=O)/C(=C/Cc2ccccc2)NC(=O)OCc2ccccc2)C1. The first-order valence-corrected chi connectivity index (χ1v) is 13.8. The van der Waals surface area contributed by atoms with Crippen molar-refractivity contribution in [2.24, 2.45) is 11.8 Å². The fourth-order valence-electron chi connectivity index (χ4n) is 5.46. The normalized spacial score (nSPS) is 19.7. The van der Waals surface area contributed by atoms with Crippen molar-refractivity contribution in [3.63, 3.8) is 0 Å². The van der Waals surface area contributed by atoms with Gasteiger partial charge in [0.25, 0.3) is 0 Å². The van der Waals surface area contributed by atoms with E-state index in [1.54, 1.807) is 6.08 Å². The van der Waals surface area contributed by atoms with Crippen molar-refractivity contribution in [2.45, 2.75) is 64.6 Å². The highest BCUT2D eigenvalue weighted by molar-refractivity contribution is 5.92. The van der Waals surface area contributed by atoms with Gasteiger partial charge in [0.1, 0.15) is 18.4 Å². The van der Waals surface area contributed by atoms with Crippen LogP contribution in [0.1, 0.15) is 56.7 Å². The molecule has 0 aromatic heterocycles. The highest BCUT2D eigenvalue weighted by Crippen LogP contribution is 2.43. The van der Waals surface area contributed by atoms with Gasteiger partial charge >= 0.3 is 12.1 Å². The third-order valence-electron chi connectivity index (χ3n) is 7.81. The van der Waals surface area contributed by atoms with Gasteiger partial charge in [-0.3, -0.25) is 5.32 Å². The predicted molar refractivity (Wildman–Crippen MR) is 154 cm³/mol. The van der Waals surface area contributed by atoms with Gasteiger partial charge in [-0.05, 0) is 53.4 Å². The van der Waals surface area contributed by atoms with Gasteiger partial charge in [-0.1, -0.05) is 118 Å². The maximum Gasteiger partial charge on any atom is 0.412 e. The number of allylic oxidation sites excluding steroid dienone is 1. The van der Waals surface area contributed by atoms with Gasteiger partial charge in [-0.25, -0.2) is 9.59 Å². The van der Waals surface area contributed by atoms with E-state index in [-0.39, 0.29) is 29.7 Å². The van der Waals surface area contributed by atoms with Crippen molar-refractivity contribution >= 4 is 12.1 Å². The van der Waals surface area contributed by atoms with Crippen LogP contribution in [-0.2, 0) is 32.7 Å². The molecular weight excluding hydrogens is 486 g/mol. The van der Waals surface area contributed by atoms with Gasteiger partial charge in [0.05, 0.1) is 0 Å². The average Bonchev–Trinajstić information content (AvgIpc) is 2.95. The number of nitrogens with one attached hydrogen (secondary N) is 1. The molecule has 0 aliphatic heterocycles. The minimum atomic E-state index is -0.687. The second-order valence-electron chi connectivity index (χ2n) is 11.1. The van der Waals surface area contributed by atoms with E-state index in [9.17, 15) is 9.59 Å². The van der Waals surface area contributed by atoms with Crippen LogP contribution in [0.5, 0.6) is 0 Å². The number of esters is 1. The van der Waals surface area contributed by atoms with Crippen LogP contribution in [0.15, 0.2) is 103 Å². The molecule has 1 saturated carbocycles. The summed E-state index contributed by atoms with van der Waals surface area (Å²) < 4.78 is 11.6. The molecule has 5 heteroatoms. The lowest BCUT2D eigenvalue weighted by Crippen LogP contribution is -2.44. The van der Waals surface area contributed by atoms with E-state index >= 15 is 0 Å². The summed E-state index contributed by atoms with van der Waals surface area (Å²) in [6.45, 7) is 6.78. The van der Waals surface area contributed by atoms with E-state index < -0.39 is 12.1 Å². The number of hydrogen-bond acceptors (Lipinski definition) is 4. The molecule has 204 valence electrons. The molecule has 39 heavy (non-hydrogen) atoms. The Hall–Kier alpha value is -3.86. The standard InChI is InChI=1S/C34H39NO4/c1-25-19-21-29(34(2,3)28-17-11-6-12-18-28)31(23-25)39-32(36)30(22-20-26-13-7-4-8-14-26)35-33(37)38-24-27-15-9-5-10-16-27/h4-18,22,25,29,31H,19-21,23-24H2,1-3H3,(H,35,37)/b30-22-/t25-,29-,31-/m1/s1. The molecule has 0 radical (unpaired) electrons. The van der Waals surface area contributed by atoms with Crippen LogP contribution in [0, 0.1) is 11.8 Å². The Morgan fingerprint density at radius 1 is 0.872 bits per heavy atom. The number of ether oxygens (including phenoxy) is 2. The van der Waals surface area contributed by atoms with Crippen LogP contribution in [0.25, 0.3) is 0 Å². The quantitative estimate of drug-likeness (QED) is 0.234. The molecule has 5 nitrogen and oxygen atoms in total. The summed E-state index contributed by atoms with van der Waals surface area (Å²) in [6.07, 6.45) is 4.09. The molecule has 1 fully saturated rings. The van der Waals surface area contributed by atoms with Crippen molar-refractivity contribution < 1.29 is 19.1 Å². The molecule has 0 saturated heterocycles. The van der Waals surface area contributed by atoms with E-state index in [0.29, 0.717) is 12.3 Å². The summed E-state index contributed by atoms with van der Waals surface area (Å²) in [5.41, 5.74) is 3.05. The lowest BCUT2D eigenvalue weighted by molar-refractivity contribution is -0.152. The maximum absolute atomic E-state index is 13.6. The highest BCUT2D eigenvalue weighted by Gasteiger charge is 2.42. The Morgan fingerprint density at radius 3 is 2.10 bits per heavy atom. The molecule has 3 atom stereocenters. The van der Waals surface area contributed by atoms with Gasteiger partial charge in [-0.15, -0.1) is 0 Å². The van der Waals surface area contributed by atoms with Gasteiger partial charge in [0, 0.05) is 5.92 Å².